The average Bonchev–Trinajstić information content (AvgIpc) is 3.51. The van der Waals surface area contributed by atoms with Crippen LogP contribution in [0.15, 0.2) is 30.9 Å². The van der Waals surface area contributed by atoms with E-state index in [0.29, 0.717) is 29.7 Å². The van der Waals surface area contributed by atoms with Crippen molar-refractivity contribution in [1.29, 1.82) is 0 Å². The summed E-state index contributed by atoms with van der Waals surface area (Å²) in [5.74, 6) is -1.22. The van der Waals surface area contributed by atoms with Gasteiger partial charge in [-0.2, -0.15) is 0 Å². The molecule has 0 radical (unpaired) electrons. The summed E-state index contributed by atoms with van der Waals surface area (Å²) in [6, 6.07) is 4.25. The third kappa shape index (κ3) is 4.65. The Morgan fingerprint density at radius 2 is 1.91 bits per heavy atom. The largest absolute Gasteiger partial charge is 0.445 e. The zero-order valence-corrected chi connectivity index (χ0v) is 26.3. The lowest BCUT2D eigenvalue weighted by atomic mass is 9.44. The van der Waals surface area contributed by atoms with Gasteiger partial charge in [0.2, 0.25) is 5.91 Å². The predicted octanol–water partition coefficient (Wildman–Crippen LogP) is 5.06. The summed E-state index contributed by atoms with van der Waals surface area (Å²) >= 11 is 0. The molecule has 3 amide bonds. The highest BCUT2D eigenvalue weighted by Crippen LogP contribution is 2.68. The third-order valence-corrected chi connectivity index (χ3v) is 12.0. The van der Waals surface area contributed by atoms with Crippen LogP contribution >= 0.6 is 0 Å². The number of nitrogens with one attached hydrogen (secondary N) is 1. The van der Waals surface area contributed by atoms with Gasteiger partial charge in [-0.15, -0.1) is 6.58 Å². The summed E-state index contributed by atoms with van der Waals surface area (Å²) < 4.78 is 6.34. The van der Waals surface area contributed by atoms with Crippen LogP contribution in [-0.2, 0) is 20.9 Å². The number of carbonyl (C=O) groups is 4. The summed E-state index contributed by atoms with van der Waals surface area (Å²) in [6.45, 7) is 15.9. The number of aliphatic hydroxyl groups is 1. The summed E-state index contributed by atoms with van der Waals surface area (Å²) in [5.41, 5.74) is 5.43. The Morgan fingerprint density at radius 3 is 2.56 bits per heavy atom. The van der Waals surface area contributed by atoms with Gasteiger partial charge in [-0.05, 0) is 61.0 Å². The molecular formula is C34H47N3O6. The Balaban J connectivity index is 1.48. The van der Waals surface area contributed by atoms with Crippen LogP contribution in [0.2, 0.25) is 0 Å². The number of ketones is 1. The number of carbonyl (C=O) groups excluding carboxylic acids is 4. The molecule has 1 aliphatic heterocycles. The summed E-state index contributed by atoms with van der Waals surface area (Å²) in [7, 11) is 0. The maximum Gasteiger partial charge on any atom is 0.417 e. The van der Waals surface area contributed by atoms with E-state index in [0.717, 1.165) is 17.7 Å². The van der Waals surface area contributed by atoms with Gasteiger partial charge in [0.25, 0.3) is 5.91 Å². The van der Waals surface area contributed by atoms with E-state index in [1.54, 1.807) is 24.3 Å². The number of amides is 3. The molecule has 9 nitrogen and oxygen atoms in total. The van der Waals surface area contributed by atoms with Crippen molar-refractivity contribution >= 4 is 29.4 Å². The molecule has 43 heavy (non-hydrogen) atoms. The predicted molar refractivity (Wildman–Crippen MR) is 163 cm³/mol. The molecule has 0 unspecified atom stereocenters. The number of aliphatic hydroxyl groups excluding tert-OH is 1. The van der Waals surface area contributed by atoms with E-state index in [2.05, 4.69) is 32.7 Å². The van der Waals surface area contributed by atoms with Crippen LogP contribution in [0.25, 0.3) is 0 Å². The molecule has 0 aromatic heterocycles. The molecule has 3 fully saturated rings. The highest BCUT2D eigenvalue weighted by molar-refractivity contribution is 6.08. The maximum absolute atomic E-state index is 14.0. The van der Waals surface area contributed by atoms with Crippen LogP contribution in [0.5, 0.6) is 0 Å². The van der Waals surface area contributed by atoms with Crippen LogP contribution in [0.3, 0.4) is 0 Å². The number of ether oxygens (including phenoxy) is 1. The van der Waals surface area contributed by atoms with Crippen molar-refractivity contribution in [2.45, 2.75) is 98.4 Å². The number of Topliss-reactive ketones (excluding diaryl/α,β-unsaturated/α-hetero) is 1. The van der Waals surface area contributed by atoms with E-state index in [1.807, 2.05) is 20.8 Å². The molecule has 3 aliphatic carbocycles. The zero-order chi connectivity index (χ0) is 31.6. The summed E-state index contributed by atoms with van der Waals surface area (Å²) in [6.07, 6.45) is 2.55. The van der Waals surface area contributed by atoms with Gasteiger partial charge in [-0.25, -0.2) is 9.69 Å². The zero-order valence-electron chi connectivity index (χ0n) is 26.3. The van der Waals surface area contributed by atoms with Gasteiger partial charge < -0.3 is 20.9 Å². The minimum absolute atomic E-state index is 0.0654. The Bertz CT molecular complexity index is 1360. The molecule has 3 saturated carbocycles. The Labute approximate surface area is 254 Å². The van der Waals surface area contributed by atoms with Crippen molar-refractivity contribution in [3.63, 3.8) is 0 Å². The quantitative estimate of drug-likeness (QED) is 0.406. The maximum atomic E-state index is 14.0. The lowest BCUT2D eigenvalue weighted by molar-refractivity contribution is -0.192. The lowest BCUT2D eigenvalue weighted by Gasteiger charge is -2.61. The smallest absolute Gasteiger partial charge is 0.417 e. The number of benzene rings is 1. The topological polar surface area (TPSA) is 139 Å². The van der Waals surface area contributed by atoms with Crippen LogP contribution in [0.1, 0.15) is 89.6 Å². The fourth-order valence-corrected chi connectivity index (χ4v) is 8.80. The molecule has 4 N–H and O–H groups in total. The van der Waals surface area contributed by atoms with Crippen LogP contribution < -0.4 is 11.1 Å². The number of hydrogen-bond donors (Lipinski definition) is 3. The van der Waals surface area contributed by atoms with Crippen LogP contribution in [0.4, 0.5) is 10.5 Å². The van der Waals surface area contributed by atoms with E-state index in [-0.39, 0.29) is 48.3 Å². The first-order valence-corrected chi connectivity index (χ1v) is 15.7. The lowest BCUT2D eigenvalue weighted by Crippen LogP contribution is -2.63. The van der Waals surface area contributed by atoms with Crippen molar-refractivity contribution < 1.29 is 29.0 Å². The number of hydrogen-bond acceptors (Lipinski definition) is 7. The second-order valence-corrected chi connectivity index (χ2v) is 14.4. The monoisotopic (exact) mass is 593 g/mol. The van der Waals surface area contributed by atoms with Crippen molar-refractivity contribution in [2.75, 3.05) is 5.32 Å². The molecule has 4 aliphatic rings. The highest BCUT2D eigenvalue weighted by Gasteiger charge is 2.68. The molecule has 1 heterocycles. The first-order chi connectivity index (χ1) is 20.1. The van der Waals surface area contributed by atoms with E-state index in [9.17, 15) is 24.3 Å². The Hall–Kier alpha value is -3.04. The number of imide groups is 1. The molecule has 0 spiro atoms. The Kier molecular flexibility index (Phi) is 7.91. The van der Waals surface area contributed by atoms with E-state index in [4.69, 9.17) is 10.5 Å². The SMILES string of the molecule is C=C[C@]1(C)C[C@@H](OC(=O)N2Cc3c(NC(=O)[C@@H](N)C(C)C)cccc3C2=O)[C@]2(C)[C@H](C)CC[C@]3(CCC(=O)[C@H]32)[C@@H](C)[C@@H]1O. The van der Waals surface area contributed by atoms with Crippen molar-refractivity contribution in [2.24, 2.45) is 45.7 Å². The number of nitrogens with two attached hydrogens (primary N) is 1. The van der Waals surface area contributed by atoms with Gasteiger partial charge in [0.1, 0.15) is 11.9 Å². The second kappa shape index (κ2) is 10.8. The van der Waals surface area contributed by atoms with Crippen molar-refractivity contribution in [3.8, 4) is 0 Å². The summed E-state index contributed by atoms with van der Waals surface area (Å²) in [5, 5.41) is 14.6. The standard InChI is InChI=1S/C34H47N3O6/c1-8-32(6)16-25(33(7)19(4)12-14-34(20(5)28(32)39)15-13-24(38)27(33)34)43-31(42)37-17-22-21(30(37)41)10-9-11-23(22)36-29(40)26(35)18(2)3/h8-11,18-20,25-28,39H,1,12-17,35H2,2-7H3,(H,36,40)/t19-,20+,25-,26+,27+,28+,32-,33+,34+/m1/s1. The van der Waals surface area contributed by atoms with Crippen LogP contribution in [-0.4, -0.2) is 51.9 Å². The number of rotatable bonds is 5. The van der Waals surface area contributed by atoms with Crippen molar-refractivity contribution in [3.05, 3.63) is 42.0 Å². The first-order valence-electron chi connectivity index (χ1n) is 15.7. The van der Waals surface area contributed by atoms with Gasteiger partial charge in [0.15, 0.2) is 0 Å². The molecule has 9 heteroatoms. The molecule has 5 rings (SSSR count). The molecule has 1 aromatic rings. The van der Waals surface area contributed by atoms with Gasteiger partial charge >= 0.3 is 6.09 Å². The third-order valence-electron chi connectivity index (χ3n) is 12.0. The number of nitrogens with zero attached hydrogens (tertiary/aromatic N) is 1. The van der Waals surface area contributed by atoms with Gasteiger partial charge in [0, 0.05) is 40.0 Å². The normalized spacial score (nSPS) is 37.7. The molecule has 2 bridgehead atoms. The molecule has 0 saturated heterocycles. The highest BCUT2D eigenvalue weighted by atomic mass is 16.6. The first kappa shape index (κ1) is 31.4. The van der Waals surface area contributed by atoms with Crippen LogP contribution in [0, 0.1) is 39.9 Å². The minimum atomic E-state index is -0.799. The van der Waals surface area contributed by atoms with E-state index in [1.165, 1.54) is 0 Å². The molecule has 234 valence electrons. The number of anilines is 1. The molecule has 9 atom stereocenters. The van der Waals surface area contributed by atoms with Gasteiger partial charge in [-0.3, -0.25) is 14.4 Å². The van der Waals surface area contributed by atoms with E-state index < -0.39 is 46.5 Å². The molecule has 1 aromatic carbocycles. The molecular weight excluding hydrogens is 546 g/mol. The Morgan fingerprint density at radius 1 is 1.21 bits per heavy atom. The average molecular weight is 594 g/mol. The second-order valence-electron chi connectivity index (χ2n) is 14.4. The fourth-order valence-electron chi connectivity index (χ4n) is 8.80. The summed E-state index contributed by atoms with van der Waals surface area (Å²) in [4.78, 5) is 54.9. The van der Waals surface area contributed by atoms with E-state index >= 15 is 0 Å². The fraction of sp³-hybridized carbons (Fsp3) is 0.647. The van der Waals surface area contributed by atoms with Crippen molar-refractivity contribution in [1.82, 2.24) is 4.90 Å². The van der Waals surface area contributed by atoms with Gasteiger partial charge in [0.05, 0.1) is 18.7 Å². The van der Waals surface area contributed by atoms with Gasteiger partial charge in [-0.1, -0.05) is 53.7 Å². The minimum Gasteiger partial charge on any atom is -0.445 e. The number of fused-ring (bicyclic) bond motifs is 1.